The summed E-state index contributed by atoms with van der Waals surface area (Å²) in [5.74, 6) is 1.40. The molecule has 0 aliphatic carbocycles. The van der Waals surface area contributed by atoms with E-state index in [4.69, 9.17) is 11.6 Å². The molecule has 4 heteroatoms. The van der Waals surface area contributed by atoms with E-state index >= 15 is 0 Å². The molecule has 17 heavy (non-hydrogen) atoms. The fraction of sp³-hybridized carbons (Fsp3) is 0.385. The Balaban J connectivity index is 2.19. The molecule has 0 aliphatic heterocycles. The van der Waals surface area contributed by atoms with Crippen molar-refractivity contribution in [2.45, 2.75) is 33.2 Å². The number of halogens is 1. The van der Waals surface area contributed by atoms with Crippen molar-refractivity contribution >= 4 is 11.6 Å². The van der Waals surface area contributed by atoms with Crippen molar-refractivity contribution in [1.82, 2.24) is 14.8 Å². The van der Waals surface area contributed by atoms with Gasteiger partial charge in [0.25, 0.3) is 0 Å². The van der Waals surface area contributed by atoms with Gasteiger partial charge in [-0.1, -0.05) is 38.1 Å². The van der Waals surface area contributed by atoms with E-state index in [9.17, 15) is 0 Å². The molecule has 0 amide bonds. The summed E-state index contributed by atoms with van der Waals surface area (Å²) in [4.78, 5) is 0. The summed E-state index contributed by atoms with van der Waals surface area (Å²) in [6.07, 6.45) is 0. The van der Waals surface area contributed by atoms with Crippen molar-refractivity contribution in [3.8, 4) is 0 Å². The Bertz CT molecular complexity index is 480. The summed E-state index contributed by atoms with van der Waals surface area (Å²) < 4.78 is 1.89. The second-order valence-electron chi connectivity index (χ2n) is 4.50. The number of nitrogens with zero attached hydrogens (tertiary/aromatic N) is 3. The fourth-order valence-corrected chi connectivity index (χ4v) is 1.95. The summed E-state index contributed by atoms with van der Waals surface area (Å²) in [6.45, 7) is 7.00. The predicted octanol–water partition coefficient (Wildman–Crippen LogP) is 3.41. The molecule has 0 saturated carbocycles. The van der Waals surface area contributed by atoms with E-state index in [0.29, 0.717) is 11.2 Å². The Labute approximate surface area is 106 Å². The molecular formula is C13H16ClN3. The SMILES string of the molecule is Cc1nnc(Cl)n1Cc1ccc(C(C)C)cc1. The van der Waals surface area contributed by atoms with E-state index < -0.39 is 0 Å². The maximum atomic E-state index is 5.97. The third-order valence-corrected chi connectivity index (χ3v) is 3.16. The molecule has 1 aromatic heterocycles. The summed E-state index contributed by atoms with van der Waals surface area (Å²) in [5.41, 5.74) is 2.56. The lowest BCUT2D eigenvalue weighted by Crippen LogP contribution is -2.02. The van der Waals surface area contributed by atoms with Crippen LogP contribution in [0.2, 0.25) is 5.28 Å². The summed E-state index contributed by atoms with van der Waals surface area (Å²) in [6, 6.07) is 8.58. The van der Waals surface area contributed by atoms with Crippen molar-refractivity contribution < 1.29 is 0 Å². The molecule has 0 atom stereocenters. The van der Waals surface area contributed by atoms with Crippen molar-refractivity contribution in [2.24, 2.45) is 0 Å². The minimum Gasteiger partial charge on any atom is -0.298 e. The van der Waals surface area contributed by atoms with Crippen LogP contribution >= 0.6 is 11.6 Å². The molecule has 0 aliphatic rings. The monoisotopic (exact) mass is 249 g/mol. The molecule has 0 bridgehead atoms. The van der Waals surface area contributed by atoms with Gasteiger partial charge >= 0.3 is 0 Å². The van der Waals surface area contributed by atoms with E-state index in [1.807, 2.05) is 11.5 Å². The maximum absolute atomic E-state index is 5.97. The number of hydrogen-bond donors (Lipinski definition) is 0. The maximum Gasteiger partial charge on any atom is 0.225 e. The number of hydrogen-bond acceptors (Lipinski definition) is 2. The van der Waals surface area contributed by atoms with Crippen molar-refractivity contribution in [2.75, 3.05) is 0 Å². The molecule has 0 radical (unpaired) electrons. The quantitative estimate of drug-likeness (QED) is 0.835. The van der Waals surface area contributed by atoms with Crippen LogP contribution in [0.4, 0.5) is 0 Å². The molecule has 3 nitrogen and oxygen atoms in total. The first-order valence-corrected chi connectivity index (χ1v) is 6.10. The Morgan fingerprint density at radius 3 is 2.29 bits per heavy atom. The average molecular weight is 250 g/mol. The zero-order chi connectivity index (χ0) is 12.4. The second kappa shape index (κ2) is 4.88. The first-order chi connectivity index (χ1) is 8.08. The summed E-state index contributed by atoms with van der Waals surface area (Å²) in [7, 11) is 0. The number of rotatable bonds is 3. The van der Waals surface area contributed by atoms with Gasteiger partial charge in [0.15, 0.2) is 0 Å². The van der Waals surface area contributed by atoms with E-state index in [1.54, 1.807) is 0 Å². The zero-order valence-corrected chi connectivity index (χ0v) is 11.1. The summed E-state index contributed by atoms with van der Waals surface area (Å²) in [5, 5.41) is 8.22. The normalized spacial score (nSPS) is 11.1. The highest BCUT2D eigenvalue weighted by atomic mass is 35.5. The van der Waals surface area contributed by atoms with Crippen LogP contribution in [0.1, 0.15) is 36.7 Å². The summed E-state index contributed by atoms with van der Waals surface area (Å²) >= 11 is 5.97. The van der Waals surface area contributed by atoms with Crippen LogP contribution in [-0.4, -0.2) is 14.8 Å². The third-order valence-electron chi connectivity index (χ3n) is 2.88. The standard InChI is InChI=1S/C13H16ClN3/c1-9(2)12-6-4-11(5-7-12)8-17-10(3)15-16-13(17)14/h4-7,9H,8H2,1-3H3. The van der Waals surface area contributed by atoms with E-state index in [-0.39, 0.29) is 0 Å². The first kappa shape index (κ1) is 12.1. The highest BCUT2D eigenvalue weighted by Gasteiger charge is 2.06. The second-order valence-corrected chi connectivity index (χ2v) is 4.84. The minimum atomic E-state index is 0.440. The average Bonchev–Trinajstić information content (AvgIpc) is 2.61. The molecule has 0 spiro atoms. The van der Waals surface area contributed by atoms with E-state index in [0.717, 1.165) is 12.4 Å². The van der Waals surface area contributed by atoms with Gasteiger partial charge in [0.2, 0.25) is 5.28 Å². The first-order valence-electron chi connectivity index (χ1n) is 5.72. The Morgan fingerprint density at radius 2 is 1.82 bits per heavy atom. The van der Waals surface area contributed by atoms with Gasteiger partial charge in [-0.25, -0.2) is 0 Å². The topological polar surface area (TPSA) is 30.7 Å². The van der Waals surface area contributed by atoms with E-state index in [2.05, 4.69) is 48.3 Å². The van der Waals surface area contributed by atoms with Crippen LogP contribution < -0.4 is 0 Å². The third kappa shape index (κ3) is 2.67. The van der Waals surface area contributed by atoms with Crippen LogP contribution in [-0.2, 0) is 6.54 Å². The van der Waals surface area contributed by atoms with Crippen molar-refractivity contribution in [1.29, 1.82) is 0 Å². The Morgan fingerprint density at radius 1 is 1.18 bits per heavy atom. The number of aromatic nitrogens is 3. The number of aryl methyl sites for hydroxylation is 1. The van der Waals surface area contributed by atoms with Crippen molar-refractivity contribution in [3.63, 3.8) is 0 Å². The van der Waals surface area contributed by atoms with Gasteiger partial charge in [-0.15, -0.1) is 10.2 Å². The Kier molecular flexibility index (Phi) is 3.48. The molecule has 0 saturated heterocycles. The van der Waals surface area contributed by atoms with Crippen LogP contribution in [0.25, 0.3) is 0 Å². The van der Waals surface area contributed by atoms with Crippen molar-refractivity contribution in [3.05, 3.63) is 46.5 Å². The molecule has 2 rings (SSSR count). The highest BCUT2D eigenvalue weighted by molar-refractivity contribution is 6.28. The van der Waals surface area contributed by atoms with Gasteiger partial charge in [0.05, 0.1) is 6.54 Å². The lowest BCUT2D eigenvalue weighted by molar-refractivity contribution is 0.760. The van der Waals surface area contributed by atoms with Crippen LogP contribution in [0.15, 0.2) is 24.3 Å². The van der Waals surface area contributed by atoms with Crippen LogP contribution in [0.3, 0.4) is 0 Å². The Hall–Kier alpha value is -1.35. The fourth-order valence-electron chi connectivity index (χ4n) is 1.73. The smallest absolute Gasteiger partial charge is 0.225 e. The molecule has 2 aromatic rings. The molecule has 0 unspecified atom stereocenters. The zero-order valence-electron chi connectivity index (χ0n) is 10.3. The van der Waals surface area contributed by atoms with Gasteiger partial charge in [0.1, 0.15) is 5.82 Å². The molecule has 0 N–H and O–H groups in total. The largest absolute Gasteiger partial charge is 0.298 e. The highest BCUT2D eigenvalue weighted by Crippen LogP contribution is 2.16. The molecule has 1 aromatic carbocycles. The van der Waals surface area contributed by atoms with Gasteiger partial charge in [0, 0.05) is 0 Å². The minimum absolute atomic E-state index is 0.440. The lowest BCUT2D eigenvalue weighted by atomic mass is 10.0. The van der Waals surface area contributed by atoms with E-state index in [1.165, 1.54) is 11.1 Å². The van der Waals surface area contributed by atoms with Gasteiger partial charge < -0.3 is 0 Å². The molecule has 90 valence electrons. The molecule has 1 heterocycles. The van der Waals surface area contributed by atoms with Gasteiger partial charge in [-0.3, -0.25) is 4.57 Å². The number of benzene rings is 1. The van der Waals surface area contributed by atoms with Gasteiger partial charge in [-0.2, -0.15) is 0 Å². The molecular weight excluding hydrogens is 234 g/mol. The van der Waals surface area contributed by atoms with Crippen LogP contribution in [0.5, 0.6) is 0 Å². The lowest BCUT2D eigenvalue weighted by Gasteiger charge is -2.08. The molecule has 0 fully saturated rings. The predicted molar refractivity (Wildman–Crippen MR) is 69.4 cm³/mol. The van der Waals surface area contributed by atoms with Gasteiger partial charge in [-0.05, 0) is 35.6 Å². The van der Waals surface area contributed by atoms with Crippen LogP contribution in [0, 0.1) is 6.92 Å².